The second-order valence-corrected chi connectivity index (χ2v) is 8.64. The Kier molecular flexibility index (Phi) is 6.10. The molecule has 12 heteroatoms. The highest BCUT2D eigenvalue weighted by atomic mass is 32.1. The summed E-state index contributed by atoms with van der Waals surface area (Å²) >= 11 is 1.30. The van der Waals surface area contributed by atoms with Crippen molar-refractivity contribution in [1.29, 1.82) is 0 Å². The third kappa shape index (κ3) is 5.03. The molecule has 2 aliphatic heterocycles. The highest BCUT2D eigenvalue weighted by Gasteiger charge is 2.45. The molecule has 4 rings (SSSR count). The normalized spacial score (nSPS) is 21.6. The number of carbonyl (C=O) groups is 2. The van der Waals surface area contributed by atoms with Gasteiger partial charge in [0.25, 0.3) is 11.8 Å². The van der Waals surface area contributed by atoms with E-state index in [4.69, 9.17) is 9.47 Å². The van der Waals surface area contributed by atoms with Gasteiger partial charge in [0.1, 0.15) is 5.75 Å². The van der Waals surface area contributed by atoms with Crippen molar-refractivity contribution in [3.8, 4) is 5.75 Å². The number of thiazole rings is 1. The maximum atomic E-state index is 12.9. The van der Waals surface area contributed by atoms with E-state index in [9.17, 15) is 22.8 Å². The van der Waals surface area contributed by atoms with Gasteiger partial charge in [-0.05, 0) is 31.2 Å². The first-order valence-electron chi connectivity index (χ1n) is 9.79. The van der Waals surface area contributed by atoms with Gasteiger partial charge in [-0.1, -0.05) is 0 Å². The Labute approximate surface area is 185 Å². The summed E-state index contributed by atoms with van der Waals surface area (Å²) in [6.07, 6.45) is -3.17. The molecule has 0 radical (unpaired) electrons. The van der Waals surface area contributed by atoms with Gasteiger partial charge >= 0.3 is 6.36 Å². The quantitative estimate of drug-likeness (QED) is 0.685. The molecule has 2 saturated heterocycles. The third-order valence-electron chi connectivity index (χ3n) is 5.03. The van der Waals surface area contributed by atoms with Gasteiger partial charge in [-0.2, -0.15) is 0 Å². The smallest absolute Gasteiger partial charge is 0.406 e. The lowest BCUT2D eigenvalue weighted by molar-refractivity contribution is -0.282. The number of hydrogen-bond acceptors (Lipinski definition) is 7. The van der Waals surface area contributed by atoms with Gasteiger partial charge in [-0.15, -0.1) is 24.5 Å². The maximum absolute atomic E-state index is 12.9. The summed E-state index contributed by atoms with van der Waals surface area (Å²) in [5.41, 5.74) is 0.207. The molecule has 2 aliphatic rings. The highest BCUT2D eigenvalue weighted by molar-refractivity contribution is 7.13. The highest BCUT2D eigenvalue weighted by Crippen LogP contribution is 2.28. The van der Waals surface area contributed by atoms with Crippen LogP contribution in [0.5, 0.6) is 5.75 Å². The van der Waals surface area contributed by atoms with Crippen LogP contribution in [0.25, 0.3) is 0 Å². The molecule has 2 amide bonds. The summed E-state index contributed by atoms with van der Waals surface area (Å²) in [5, 5.41) is 0.379. The topological polar surface area (TPSA) is 81.2 Å². The summed E-state index contributed by atoms with van der Waals surface area (Å²) in [4.78, 5) is 33.9. The van der Waals surface area contributed by atoms with Crippen LogP contribution < -0.4 is 4.74 Å². The Hall–Kier alpha value is -2.70. The van der Waals surface area contributed by atoms with Crippen LogP contribution in [0.4, 0.5) is 13.2 Å². The van der Waals surface area contributed by atoms with E-state index >= 15 is 0 Å². The monoisotopic (exact) mass is 471 g/mol. The molecule has 3 heterocycles. The van der Waals surface area contributed by atoms with E-state index in [0.717, 1.165) is 17.0 Å². The van der Waals surface area contributed by atoms with Crippen LogP contribution in [0.1, 0.15) is 25.0 Å². The van der Waals surface area contributed by atoms with E-state index < -0.39 is 17.9 Å². The average molecular weight is 471 g/mol. The predicted octanol–water partition coefficient (Wildman–Crippen LogP) is 2.69. The van der Waals surface area contributed by atoms with Gasteiger partial charge in [0, 0.05) is 29.7 Å². The number of ether oxygens (including phenoxy) is 3. The molecule has 0 N–H and O–H groups in total. The standard InChI is InChI=1S/C20H20F3N3O5S/c1-13-10-24-16(32-13)18(28)26-7-9-30-19(12-26)11-25(6-8-29-19)17(27)14-2-4-15(5-3-14)31-20(21,22)23/h2-5,10H,6-9,11-12H2,1H3. The number of nitrogens with zero attached hydrogens (tertiary/aromatic N) is 3. The molecule has 1 aromatic carbocycles. The molecule has 32 heavy (non-hydrogen) atoms. The second kappa shape index (κ2) is 8.68. The lowest BCUT2D eigenvalue weighted by Gasteiger charge is -2.47. The van der Waals surface area contributed by atoms with Gasteiger partial charge in [-0.25, -0.2) is 4.98 Å². The molecule has 2 aromatic rings. The zero-order chi connectivity index (χ0) is 22.9. The summed E-state index contributed by atoms with van der Waals surface area (Å²) in [5.74, 6) is -2.19. The minimum absolute atomic E-state index is 0.0767. The molecule has 0 aliphatic carbocycles. The Bertz CT molecular complexity index is 993. The molecule has 1 unspecified atom stereocenters. The molecule has 2 fully saturated rings. The molecule has 172 valence electrons. The van der Waals surface area contributed by atoms with Gasteiger partial charge in [0.05, 0.1) is 26.3 Å². The van der Waals surface area contributed by atoms with Crippen LogP contribution >= 0.6 is 11.3 Å². The lowest BCUT2D eigenvalue weighted by Crippen LogP contribution is -2.63. The van der Waals surface area contributed by atoms with Gasteiger partial charge in [-0.3, -0.25) is 9.59 Å². The van der Waals surface area contributed by atoms with Gasteiger partial charge in [0.15, 0.2) is 5.01 Å². The van der Waals surface area contributed by atoms with Crippen LogP contribution in [0.2, 0.25) is 0 Å². The van der Waals surface area contributed by atoms with Crippen molar-refractivity contribution < 1.29 is 37.0 Å². The van der Waals surface area contributed by atoms with Crippen molar-refractivity contribution in [2.24, 2.45) is 0 Å². The average Bonchev–Trinajstić information content (AvgIpc) is 3.18. The van der Waals surface area contributed by atoms with Crippen molar-refractivity contribution in [2.45, 2.75) is 19.1 Å². The van der Waals surface area contributed by atoms with Gasteiger partial charge < -0.3 is 24.0 Å². The number of alkyl halides is 3. The largest absolute Gasteiger partial charge is 0.573 e. The van der Waals surface area contributed by atoms with Crippen LogP contribution in [0, 0.1) is 6.92 Å². The number of rotatable bonds is 3. The first-order valence-corrected chi connectivity index (χ1v) is 10.6. The fourth-order valence-corrected chi connectivity index (χ4v) is 4.35. The van der Waals surface area contributed by atoms with E-state index in [0.29, 0.717) is 11.6 Å². The molecule has 0 bridgehead atoms. The molecule has 8 nitrogen and oxygen atoms in total. The van der Waals surface area contributed by atoms with Crippen LogP contribution in [0.3, 0.4) is 0 Å². The minimum Gasteiger partial charge on any atom is -0.406 e. The first-order chi connectivity index (χ1) is 15.1. The second-order valence-electron chi connectivity index (χ2n) is 7.41. The zero-order valence-electron chi connectivity index (χ0n) is 17.1. The molecular formula is C20H20F3N3O5S. The van der Waals surface area contributed by atoms with E-state index in [1.54, 1.807) is 11.1 Å². The summed E-state index contributed by atoms with van der Waals surface area (Å²) in [6, 6.07) is 4.72. The number of morpholine rings is 2. The Morgan fingerprint density at radius 3 is 2.19 bits per heavy atom. The fourth-order valence-electron chi connectivity index (χ4n) is 3.61. The number of amides is 2. The van der Waals surface area contributed by atoms with Crippen molar-refractivity contribution >= 4 is 23.2 Å². The number of aryl methyl sites for hydroxylation is 1. The molecular weight excluding hydrogens is 451 g/mol. The number of carbonyl (C=O) groups excluding carboxylic acids is 2. The molecule has 1 atom stereocenters. The van der Waals surface area contributed by atoms with Crippen molar-refractivity contribution in [2.75, 3.05) is 39.4 Å². The number of halogens is 3. The van der Waals surface area contributed by atoms with Crippen molar-refractivity contribution in [1.82, 2.24) is 14.8 Å². The lowest BCUT2D eigenvalue weighted by atomic mass is 10.1. The Morgan fingerprint density at radius 2 is 1.66 bits per heavy atom. The van der Waals surface area contributed by atoms with Crippen LogP contribution in [-0.2, 0) is 9.47 Å². The molecule has 0 saturated carbocycles. The van der Waals surface area contributed by atoms with Crippen LogP contribution in [0.15, 0.2) is 30.5 Å². The third-order valence-corrected chi connectivity index (χ3v) is 5.93. The van der Waals surface area contributed by atoms with Crippen molar-refractivity contribution in [3.05, 3.63) is 45.9 Å². The molecule has 1 spiro atoms. The van der Waals surface area contributed by atoms with E-state index in [1.165, 1.54) is 28.4 Å². The van der Waals surface area contributed by atoms with Crippen LogP contribution in [-0.4, -0.2) is 78.1 Å². The predicted molar refractivity (Wildman–Crippen MR) is 106 cm³/mol. The summed E-state index contributed by atoms with van der Waals surface area (Å²) in [6.45, 7) is 3.16. The van der Waals surface area contributed by atoms with Gasteiger partial charge in [0.2, 0.25) is 5.79 Å². The number of benzene rings is 1. The number of hydrogen-bond donors (Lipinski definition) is 0. The first kappa shape index (κ1) is 22.5. The van der Waals surface area contributed by atoms with E-state index in [1.807, 2.05) is 6.92 Å². The summed E-state index contributed by atoms with van der Waals surface area (Å²) in [7, 11) is 0. The summed E-state index contributed by atoms with van der Waals surface area (Å²) < 4.78 is 52.5. The molecule has 1 aromatic heterocycles. The number of aromatic nitrogens is 1. The minimum atomic E-state index is -4.80. The maximum Gasteiger partial charge on any atom is 0.573 e. The zero-order valence-corrected chi connectivity index (χ0v) is 17.9. The van der Waals surface area contributed by atoms with Crippen molar-refractivity contribution in [3.63, 3.8) is 0 Å². The Morgan fingerprint density at radius 1 is 1.06 bits per heavy atom. The van der Waals surface area contributed by atoms with E-state index in [-0.39, 0.29) is 50.2 Å². The Balaban J connectivity index is 1.44. The SMILES string of the molecule is Cc1cnc(C(=O)N2CCOC3(CN(C(=O)c4ccc(OC(F)(F)F)cc4)CCO3)C2)s1. The van der Waals surface area contributed by atoms with E-state index in [2.05, 4.69) is 9.72 Å². The fraction of sp³-hybridized carbons (Fsp3) is 0.450.